The zero-order chi connectivity index (χ0) is 12.6. The minimum absolute atomic E-state index is 0.271. The maximum Gasteiger partial charge on any atom is 0.331 e. The highest BCUT2D eigenvalue weighted by Gasteiger charge is 2.50. The molecule has 0 heterocycles. The number of carboxylic acids is 1. The summed E-state index contributed by atoms with van der Waals surface area (Å²) in [5, 5.41) is 9.15. The van der Waals surface area contributed by atoms with Crippen molar-refractivity contribution >= 4 is 5.97 Å². The standard InChI is InChI=1S/C12H16FNO2/c1-8-5-4-6-9(7-8)12(14,10(15)16)11(2,3)13/h4-7H,14H2,1-3H3,(H,15,16). The number of aliphatic carboxylic acids is 1. The van der Waals surface area contributed by atoms with E-state index in [2.05, 4.69) is 0 Å². The fourth-order valence-corrected chi connectivity index (χ4v) is 1.61. The summed E-state index contributed by atoms with van der Waals surface area (Å²) in [4.78, 5) is 11.2. The van der Waals surface area contributed by atoms with Gasteiger partial charge in [-0.1, -0.05) is 29.8 Å². The number of hydrogen-bond donors (Lipinski definition) is 2. The summed E-state index contributed by atoms with van der Waals surface area (Å²) >= 11 is 0. The Labute approximate surface area is 94.1 Å². The molecule has 1 rings (SSSR count). The monoisotopic (exact) mass is 225 g/mol. The molecule has 3 N–H and O–H groups in total. The van der Waals surface area contributed by atoms with Gasteiger partial charge in [-0.3, -0.25) is 0 Å². The van der Waals surface area contributed by atoms with Gasteiger partial charge >= 0.3 is 5.97 Å². The zero-order valence-corrected chi connectivity index (χ0v) is 9.62. The van der Waals surface area contributed by atoms with Gasteiger partial charge in [-0.25, -0.2) is 9.18 Å². The second-order valence-electron chi connectivity index (χ2n) is 4.46. The number of rotatable bonds is 3. The zero-order valence-electron chi connectivity index (χ0n) is 9.62. The van der Waals surface area contributed by atoms with Crippen molar-refractivity contribution in [2.45, 2.75) is 32.0 Å². The van der Waals surface area contributed by atoms with E-state index in [4.69, 9.17) is 10.8 Å². The summed E-state index contributed by atoms with van der Waals surface area (Å²) < 4.78 is 14.0. The molecule has 0 aliphatic rings. The van der Waals surface area contributed by atoms with Crippen LogP contribution >= 0.6 is 0 Å². The van der Waals surface area contributed by atoms with Gasteiger partial charge in [0.05, 0.1) is 0 Å². The molecule has 3 nitrogen and oxygen atoms in total. The van der Waals surface area contributed by atoms with Crippen molar-refractivity contribution in [1.82, 2.24) is 0 Å². The molecule has 0 radical (unpaired) electrons. The maximum absolute atomic E-state index is 14.0. The third-order valence-corrected chi connectivity index (χ3v) is 2.75. The van der Waals surface area contributed by atoms with Crippen LogP contribution in [0.5, 0.6) is 0 Å². The number of nitrogens with two attached hydrogens (primary N) is 1. The molecule has 0 aromatic heterocycles. The Balaban J connectivity index is 3.39. The summed E-state index contributed by atoms with van der Waals surface area (Å²) in [5.74, 6) is -1.37. The first kappa shape index (κ1) is 12.6. The van der Waals surface area contributed by atoms with Gasteiger partial charge in [0.25, 0.3) is 0 Å². The fourth-order valence-electron chi connectivity index (χ4n) is 1.61. The quantitative estimate of drug-likeness (QED) is 0.826. The van der Waals surface area contributed by atoms with Crippen molar-refractivity contribution in [1.29, 1.82) is 0 Å². The molecular formula is C12H16FNO2. The van der Waals surface area contributed by atoms with Gasteiger partial charge in [-0.2, -0.15) is 0 Å². The number of hydrogen-bond acceptors (Lipinski definition) is 2. The van der Waals surface area contributed by atoms with Gasteiger partial charge in [0.2, 0.25) is 0 Å². The van der Waals surface area contributed by atoms with Crippen LogP contribution in [0.2, 0.25) is 0 Å². The lowest BCUT2D eigenvalue weighted by molar-refractivity contribution is -0.149. The number of carbonyl (C=O) groups is 1. The van der Waals surface area contributed by atoms with Gasteiger partial charge in [0, 0.05) is 0 Å². The number of carboxylic acid groups (broad SMARTS) is 1. The second-order valence-corrected chi connectivity index (χ2v) is 4.46. The Morgan fingerprint density at radius 1 is 1.44 bits per heavy atom. The Morgan fingerprint density at radius 2 is 2.00 bits per heavy atom. The number of benzene rings is 1. The SMILES string of the molecule is Cc1cccc(C(N)(C(=O)O)C(C)(C)F)c1. The van der Waals surface area contributed by atoms with Crippen LogP contribution in [0.4, 0.5) is 4.39 Å². The summed E-state index contributed by atoms with van der Waals surface area (Å²) in [6.45, 7) is 4.14. The van der Waals surface area contributed by atoms with E-state index in [1.54, 1.807) is 25.1 Å². The smallest absolute Gasteiger partial charge is 0.331 e. The van der Waals surface area contributed by atoms with Gasteiger partial charge in [0.1, 0.15) is 5.67 Å². The molecule has 1 unspecified atom stereocenters. The summed E-state index contributed by atoms with van der Waals surface area (Å²) in [7, 11) is 0. The normalized spacial score (nSPS) is 15.6. The van der Waals surface area contributed by atoms with E-state index in [-0.39, 0.29) is 5.56 Å². The van der Waals surface area contributed by atoms with Gasteiger partial charge in [-0.05, 0) is 26.3 Å². The molecular weight excluding hydrogens is 209 g/mol. The molecule has 1 aromatic rings. The lowest BCUT2D eigenvalue weighted by Crippen LogP contribution is -2.57. The van der Waals surface area contributed by atoms with Gasteiger partial charge in [-0.15, -0.1) is 0 Å². The molecule has 0 spiro atoms. The van der Waals surface area contributed by atoms with Crippen molar-refractivity contribution in [3.63, 3.8) is 0 Å². The minimum Gasteiger partial charge on any atom is -0.480 e. The fraction of sp³-hybridized carbons (Fsp3) is 0.417. The molecule has 0 saturated heterocycles. The summed E-state index contributed by atoms with van der Waals surface area (Å²) in [6.07, 6.45) is 0. The van der Waals surface area contributed by atoms with Crippen LogP contribution in [0.3, 0.4) is 0 Å². The molecule has 16 heavy (non-hydrogen) atoms. The van der Waals surface area contributed by atoms with Crippen LogP contribution in [0.25, 0.3) is 0 Å². The second kappa shape index (κ2) is 3.87. The first-order valence-corrected chi connectivity index (χ1v) is 4.98. The van der Waals surface area contributed by atoms with E-state index < -0.39 is 17.2 Å². The highest BCUT2D eigenvalue weighted by molar-refractivity contribution is 5.82. The lowest BCUT2D eigenvalue weighted by Gasteiger charge is -2.34. The Hall–Kier alpha value is -1.42. The topological polar surface area (TPSA) is 63.3 Å². The predicted octanol–water partition coefficient (Wildman–Crippen LogP) is 1.98. The largest absolute Gasteiger partial charge is 0.480 e. The molecule has 0 fully saturated rings. The molecule has 4 heteroatoms. The summed E-state index contributed by atoms with van der Waals surface area (Å²) in [6, 6.07) is 6.59. The molecule has 1 atom stereocenters. The maximum atomic E-state index is 14.0. The Morgan fingerprint density at radius 3 is 2.38 bits per heavy atom. The van der Waals surface area contributed by atoms with Crippen molar-refractivity contribution < 1.29 is 14.3 Å². The van der Waals surface area contributed by atoms with Crippen LogP contribution < -0.4 is 5.73 Å². The molecule has 1 aromatic carbocycles. The van der Waals surface area contributed by atoms with E-state index in [1.165, 1.54) is 19.9 Å². The molecule has 0 aliphatic heterocycles. The van der Waals surface area contributed by atoms with E-state index in [1.807, 2.05) is 0 Å². The van der Waals surface area contributed by atoms with Crippen molar-refractivity contribution in [3.8, 4) is 0 Å². The highest BCUT2D eigenvalue weighted by atomic mass is 19.1. The molecule has 0 aliphatic carbocycles. The van der Waals surface area contributed by atoms with Crippen molar-refractivity contribution in [2.75, 3.05) is 0 Å². The molecule has 0 bridgehead atoms. The van der Waals surface area contributed by atoms with Crippen molar-refractivity contribution in [3.05, 3.63) is 35.4 Å². The van der Waals surface area contributed by atoms with Gasteiger partial charge in [0.15, 0.2) is 5.54 Å². The first-order chi connectivity index (χ1) is 7.19. The van der Waals surface area contributed by atoms with Crippen LogP contribution in [-0.4, -0.2) is 16.7 Å². The summed E-state index contributed by atoms with van der Waals surface area (Å²) in [5.41, 5.74) is 2.77. The highest BCUT2D eigenvalue weighted by Crippen LogP contribution is 2.34. The van der Waals surface area contributed by atoms with Crippen LogP contribution in [0, 0.1) is 6.92 Å². The van der Waals surface area contributed by atoms with Crippen molar-refractivity contribution in [2.24, 2.45) is 5.73 Å². The molecule has 88 valence electrons. The average molecular weight is 225 g/mol. The van der Waals surface area contributed by atoms with E-state index in [9.17, 15) is 9.18 Å². The average Bonchev–Trinajstić information content (AvgIpc) is 2.14. The van der Waals surface area contributed by atoms with Gasteiger partial charge < -0.3 is 10.8 Å². The third kappa shape index (κ3) is 1.93. The number of halogens is 1. The van der Waals surface area contributed by atoms with E-state index >= 15 is 0 Å². The first-order valence-electron chi connectivity index (χ1n) is 4.98. The number of aryl methyl sites for hydroxylation is 1. The van der Waals surface area contributed by atoms with E-state index in [0.29, 0.717) is 0 Å². The van der Waals surface area contributed by atoms with Crippen LogP contribution in [0.1, 0.15) is 25.0 Å². The third-order valence-electron chi connectivity index (χ3n) is 2.75. The van der Waals surface area contributed by atoms with Crippen LogP contribution in [0.15, 0.2) is 24.3 Å². The molecule has 0 saturated carbocycles. The minimum atomic E-state index is -2.05. The predicted molar refractivity (Wildman–Crippen MR) is 59.9 cm³/mol. The Kier molecular flexibility index (Phi) is 3.06. The van der Waals surface area contributed by atoms with Crippen LogP contribution in [-0.2, 0) is 10.3 Å². The Bertz CT molecular complexity index is 412. The number of alkyl halides is 1. The van der Waals surface area contributed by atoms with E-state index in [0.717, 1.165) is 5.56 Å². The lowest BCUT2D eigenvalue weighted by atomic mass is 9.78. The molecule has 0 amide bonds.